The monoisotopic (exact) mass is 347 g/mol. The van der Waals surface area contributed by atoms with Gasteiger partial charge in [-0.1, -0.05) is 0 Å². The number of alkyl halides is 3. The molecule has 0 fully saturated rings. The first-order valence-electron chi connectivity index (χ1n) is 6.26. The van der Waals surface area contributed by atoms with Gasteiger partial charge in [0.15, 0.2) is 0 Å². The van der Waals surface area contributed by atoms with Gasteiger partial charge in [-0.05, 0) is 12.1 Å². The van der Waals surface area contributed by atoms with Gasteiger partial charge in [0.2, 0.25) is 5.82 Å². The average Bonchev–Trinajstić information content (AvgIpc) is 2.50. The summed E-state index contributed by atoms with van der Waals surface area (Å²) >= 11 is 0.832. The highest BCUT2D eigenvalue weighted by atomic mass is 32.2. The van der Waals surface area contributed by atoms with Crippen molar-refractivity contribution in [1.82, 2.24) is 9.97 Å². The lowest BCUT2D eigenvalue weighted by atomic mass is 10.2. The predicted octanol–water partition coefficient (Wildman–Crippen LogP) is 2.16. The van der Waals surface area contributed by atoms with Crippen LogP contribution in [0, 0.1) is 0 Å². The highest BCUT2D eigenvalue weighted by molar-refractivity contribution is 7.99. The number of aromatic nitrogens is 2. The van der Waals surface area contributed by atoms with Crippen molar-refractivity contribution in [1.29, 1.82) is 0 Å². The Kier molecular flexibility index (Phi) is 4.95. The fraction of sp³-hybridized carbons (Fsp3) is 0.308. The topological polar surface area (TPSA) is 98.3 Å². The molecule has 0 amide bonds. The lowest BCUT2D eigenvalue weighted by Gasteiger charge is -2.12. The second-order valence-corrected chi connectivity index (χ2v) is 5.50. The predicted molar refractivity (Wildman–Crippen MR) is 77.4 cm³/mol. The number of methoxy groups -OCH3 is 1. The van der Waals surface area contributed by atoms with E-state index in [2.05, 4.69) is 9.97 Å². The van der Waals surface area contributed by atoms with E-state index in [4.69, 9.17) is 15.6 Å². The van der Waals surface area contributed by atoms with Gasteiger partial charge >= 0.3 is 12.1 Å². The van der Waals surface area contributed by atoms with Crippen molar-refractivity contribution in [2.75, 3.05) is 12.9 Å². The van der Waals surface area contributed by atoms with Gasteiger partial charge in [0, 0.05) is 17.2 Å². The largest absolute Gasteiger partial charge is 0.497 e. The Hall–Kier alpha value is -2.07. The third-order valence-corrected chi connectivity index (χ3v) is 3.95. The second-order valence-electron chi connectivity index (χ2n) is 4.49. The molecular formula is C13H12F3N3O3S. The molecule has 0 aliphatic carbocycles. The quantitative estimate of drug-likeness (QED) is 0.632. The summed E-state index contributed by atoms with van der Waals surface area (Å²) in [5.41, 5.74) is 5.43. The van der Waals surface area contributed by atoms with Crippen LogP contribution in [0.15, 0.2) is 23.2 Å². The molecule has 0 radical (unpaired) electrons. The van der Waals surface area contributed by atoms with Gasteiger partial charge in [0.25, 0.3) is 0 Å². The van der Waals surface area contributed by atoms with Crippen LogP contribution in [0.1, 0.15) is 5.82 Å². The minimum absolute atomic E-state index is 0.0154. The molecule has 1 atom stereocenters. The molecule has 0 saturated heterocycles. The number of benzene rings is 1. The van der Waals surface area contributed by atoms with E-state index in [0.717, 1.165) is 11.8 Å². The van der Waals surface area contributed by atoms with Crippen molar-refractivity contribution in [3.63, 3.8) is 0 Å². The number of carboxylic acids is 1. The van der Waals surface area contributed by atoms with Gasteiger partial charge < -0.3 is 15.6 Å². The fourth-order valence-electron chi connectivity index (χ4n) is 1.68. The van der Waals surface area contributed by atoms with Gasteiger partial charge in [-0.3, -0.25) is 4.79 Å². The number of carbonyl (C=O) groups is 1. The van der Waals surface area contributed by atoms with Crippen molar-refractivity contribution in [2.24, 2.45) is 5.73 Å². The van der Waals surface area contributed by atoms with E-state index in [0.29, 0.717) is 11.1 Å². The van der Waals surface area contributed by atoms with Crippen molar-refractivity contribution in [3.8, 4) is 5.75 Å². The minimum atomic E-state index is -4.72. The molecule has 6 nitrogen and oxygen atoms in total. The Morgan fingerprint density at radius 3 is 2.70 bits per heavy atom. The molecule has 0 spiro atoms. The van der Waals surface area contributed by atoms with E-state index >= 15 is 0 Å². The molecule has 1 aromatic carbocycles. The zero-order chi connectivity index (χ0) is 17.2. The van der Waals surface area contributed by atoms with Crippen LogP contribution in [0.4, 0.5) is 13.2 Å². The molecule has 10 heteroatoms. The highest BCUT2D eigenvalue weighted by Crippen LogP contribution is 2.33. The number of thioether (sulfide) groups is 1. The number of hydrogen-bond acceptors (Lipinski definition) is 6. The van der Waals surface area contributed by atoms with E-state index in [1.807, 2.05) is 0 Å². The first-order chi connectivity index (χ1) is 10.7. The number of aliphatic carboxylic acids is 1. The maximum atomic E-state index is 12.9. The van der Waals surface area contributed by atoms with Crippen molar-refractivity contribution in [2.45, 2.75) is 17.2 Å². The van der Waals surface area contributed by atoms with Gasteiger partial charge in [-0.25, -0.2) is 9.97 Å². The SMILES string of the molecule is COc1ccc2c(SCC(N)C(=O)O)nc(C(F)(F)F)nc2c1. The number of hydrogen-bond donors (Lipinski definition) is 2. The number of rotatable bonds is 5. The normalized spacial score (nSPS) is 13.1. The first kappa shape index (κ1) is 17.3. The van der Waals surface area contributed by atoms with Crippen LogP contribution in [0.3, 0.4) is 0 Å². The number of ether oxygens (including phenoxy) is 1. The minimum Gasteiger partial charge on any atom is -0.497 e. The molecule has 1 unspecified atom stereocenters. The summed E-state index contributed by atoms with van der Waals surface area (Å²) in [7, 11) is 1.38. The molecule has 3 N–H and O–H groups in total. The van der Waals surface area contributed by atoms with Crippen LogP contribution in [-0.2, 0) is 11.0 Å². The van der Waals surface area contributed by atoms with Crippen LogP contribution in [0.2, 0.25) is 0 Å². The second kappa shape index (κ2) is 6.59. The van der Waals surface area contributed by atoms with Gasteiger partial charge in [-0.2, -0.15) is 13.2 Å². The summed E-state index contributed by atoms with van der Waals surface area (Å²) < 4.78 is 43.7. The van der Waals surface area contributed by atoms with E-state index in [-0.39, 0.29) is 16.3 Å². The Morgan fingerprint density at radius 1 is 1.43 bits per heavy atom. The Balaban J connectivity index is 2.49. The van der Waals surface area contributed by atoms with Crippen molar-refractivity contribution in [3.05, 3.63) is 24.0 Å². The highest BCUT2D eigenvalue weighted by Gasteiger charge is 2.35. The number of nitrogens with two attached hydrogens (primary N) is 1. The fourth-order valence-corrected chi connectivity index (χ4v) is 2.64. The van der Waals surface area contributed by atoms with Crippen LogP contribution >= 0.6 is 11.8 Å². The van der Waals surface area contributed by atoms with Crippen molar-refractivity contribution >= 4 is 28.6 Å². The molecule has 2 rings (SSSR count). The van der Waals surface area contributed by atoms with E-state index in [1.54, 1.807) is 6.07 Å². The van der Waals surface area contributed by atoms with Gasteiger partial charge in [0.05, 0.1) is 12.6 Å². The third kappa shape index (κ3) is 4.02. The zero-order valence-corrected chi connectivity index (χ0v) is 12.6. The number of halogens is 3. The Bertz CT molecular complexity index is 739. The van der Waals surface area contributed by atoms with Crippen LogP contribution in [0.5, 0.6) is 5.75 Å². The lowest BCUT2D eigenvalue weighted by Crippen LogP contribution is -2.32. The van der Waals surface area contributed by atoms with Gasteiger partial charge in [0.1, 0.15) is 16.8 Å². The molecule has 1 heterocycles. The summed E-state index contributed by atoms with van der Waals surface area (Å²) in [5, 5.41) is 9.14. The Morgan fingerprint density at radius 2 is 2.13 bits per heavy atom. The van der Waals surface area contributed by atoms with Crippen LogP contribution in [0.25, 0.3) is 10.9 Å². The summed E-state index contributed by atoms with van der Waals surface area (Å²) in [6, 6.07) is 3.22. The summed E-state index contributed by atoms with van der Waals surface area (Å²) in [5.74, 6) is -2.31. The van der Waals surface area contributed by atoms with Crippen molar-refractivity contribution < 1.29 is 27.8 Å². The number of carboxylic acid groups (broad SMARTS) is 1. The zero-order valence-electron chi connectivity index (χ0n) is 11.8. The molecule has 0 saturated carbocycles. The Labute approximate surface area is 132 Å². The first-order valence-corrected chi connectivity index (χ1v) is 7.25. The number of nitrogens with zero attached hydrogens (tertiary/aromatic N) is 2. The molecule has 1 aromatic heterocycles. The average molecular weight is 347 g/mol. The van der Waals surface area contributed by atoms with Crippen LogP contribution in [-0.4, -0.2) is 39.9 Å². The molecule has 0 aliphatic heterocycles. The molecule has 124 valence electrons. The van der Waals surface area contributed by atoms with Gasteiger partial charge in [-0.15, -0.1) is 11.8 Å². The molecule has 0 bridgehead atoms. The standard InChI is InChI=1S/C13H12F3N3O3S/c1-22-6-2-3-7-9(4-6)18-12(13(14,15)16)19-10(7)23-5-8(17)11(20)21/h2-4,8H,5,17H2,1H3,(H,20,21). The lowest BCUT2D eigenvalue weighted by molar-refractivity contribution is -0.145. The van der Waals surface area contributed by atoms with Crippen LogP contribution < -0.4 is 10.5 Å². The van der Waals surface area contributed by atoms with E-state index in [1.165, 1.54) is 19.2 Å². The van der Waals surface area contributed by atoms with E-state index < -0.39 is 24.0 Å². The summed E-state index contributed by atoms with van der Waals surface area (Å²) in [6.45, 7) is 0. The third-order valence-electron chi connectivity index (χ3n) is 2.84. The number of fused-ring (bicyclic) bond motifs is 1. The molecular weight excluding hydrogens is 335 g/mol. The van der Waals surface area contributed by atoms with E-state index in [9.17, 15) is 18.0 Å². The maximum absolute atomic E-state index is 12.9. The molecule has 0 aliphatic rings. The molecule has 2 aromatic rings. The smallest absolute Gasteiger partial charge is 0.451 e. The molecule has 23 heavy (non-hydrogen) atoms. The summed E-state index contributed by atoms with van der Waals surface area (Å²) in [6.07, 6.45) is -4.72. The maximum Gasteiger partial charge on any atom is 0.451 e. The summed E-state index contributed by atoms with van der Waals surface area (Å²) in [4.78, 5) is 17.7.